The molecular weight excluding hydrogens is 274 g/mol. The van der Waals surface area contributed by atoms with Crippen LogP contribution in [0.5, 0.6) is 0 Å². The molecule has 8 radical (unpaired) electrons. The zero-order chi connectivity index (χ0) is 16.0. The van der Waals surface area contributed by atoms with Gasteiger partial charge in [0.2, 0.25) is 0 Å². The lowest BCUT2D eigenvalue weighted by Crippen LogP contribution is -2.55. The maximum atomic E-state index is 13.0. The van der Waals surface area contributed by atoms with Gasteiger partial charge in [0, 0.05) is 5.56 Å². The maximum Gasteiger partial charge on any atom is 0.415 e. The van der Waals surface area contributed by atoms with Gasteiger partial charge in [0.05, 0.1) is 5.60 Å². The first kappa shape index (κ1) is 16.6. The van der Waals surface area contributed by atoms with Crippen molar-refractivity contribution >= 4 is 53.2 Å². The molecule has 9 heteroatoms. The van der Waals surface area contributed by atoms with Crippen LogP contribution >= 0.6 is 0 Å². The number of rotatable bonds is 1. The van der Waals surface area contributed by atoms with E-state index in [4.69, 9.17) is 31.4 Å². The summed E-state index contributed by atoms with van der Waals surface area (Å²) in [5, 5.41) is 13.7. The molecule has 102 valence electrons. The van der Waals surface area contributed by atoms with E-state index in [2.05, 4.69) is 5.32 Å². The monoisotopic (exact) mass is 285 g/mol. The zero-order valence-electron chi connectivity index (χ0n) is 11.2. The van der Waals surface area contributed by atoms with E-state index in [1.165, 1.54) is 0 Å². The van der Waals surface area contributed by atoms with Gasteiger partial charge in [-0.15, -0.1) is 0 Å². The van der Waals surface area contributed by atoms with Gasteiger partial charge in [-0.2, -0.15) is 13.2 Å². The molecule has 0 atom stereocenters. The van der Waals surface area contributed by atoms with Gasteiger partial charge in [-0.25, -0.2) is 0 Å². The summed E-state index contributed by atoms with van der Waals surface area (Å²) in [5.74, 6) is 0. The van der Waals surface area contributed by atoms with Crippen molar-refractivity contribution in [3.63, 3.8) is 0 Å². The summed E-state index contributed by atoms with van der Waals surface area (Å²) in [4.78, 5) is 0. The van der Waals surface area contributed by atoms with Crippen molar-refractivity contribution in [1.82, 2.24) is 5.32 Å². The van der Waals surface area contributed by atoms with Crippen molar-refractivity contribution in [3.8, 4) is 0 Å². The fraction of sp³-hybridized carbons (Fsp3) is 0.500. The molecule has 0 spiro atoms. The quantitative estimate of drug-likeness (QED) is 0.557. The lowest BCUT2D eigenvalue weighted by molar-refractivity contribution is -0.135. The van der Waals surface area contributed by atoms with Crippen LogP contribution in [-0.2, 0) is 11.8 Å². The van der Waals surface area contributed by atoms with Crippen LogP contribution in [0.1, 0.15) is 24.0 Å². The molecule has 1 aliphatic rings. The minimum atomic E-state index is -4.77. The molecule has 0 amide bonds. The van der Waals surface area contributed by atoms with Crippen molar-refractivity contribution < 1.29 is 18.3 Å². The third-order valence-electron chi connectivity index (χ3n) is 3.84. The van der Waals surface area contributed by atoms with Gasteiger partial charge < -0.3 is 10.4 Å². The topological polar surface area (TPSA) is 32.3 Å². The standard InChI is InChI=1S/C12H10B4F3NO/c13-7-5(11(21)1-3-20-4-2-11)8(14)10(16)6(9(7)15)12(17,18)19/h20-21H,1-4H2. The Bertz CT molecular complexity index is 542. The molecule has 0 aromatic heterocycles. The summed E-state index contributed by atoms with van der Waals surface area (Å²) in [6.45, 7) is 0.965. The molecule has 0 saturated carbocycles. The molecule has 0 unspecified atom stereocenters. The van der Waals surface area contributed by atoms with Crippen LogP contribution < -0.4 is 27.2 Å². The number of hydrogen-bond acceptors (Lipinski definition) is 2. The van der Waals surface area contributed by atoms with E-state index >= 15 is 0 Å². The predicted octanol–water partition coefficient (Wildman–Crippen LogP) is -2.55. The van der Waals surface area contributed by atoms with Crippen LogP contribution in [0.15, 0.2) is 0 Å². The van der Waals surface area contributed by atoms with Crippen molar-refractivity contribution in [3.05, 3.63) is 11.1 Å². The summed E-state index contributed by atoms with van der Waals surface area (Å²) in [7, 11) is 22.4. The molecule has 1 heterocycles. The highest BCUT2D eigenvalue weighted by molar-refractivity contribution is 6.58. The maximum absolute atomic E-state index is 13.0. The Balaban J connectivity index is 2.70. The first-order valence-electron chi connectivity index (χ1n) is 6.36. The highest BCUT2D eigenvalue weighted by Gasteiger charge is 2.39. The van der Waals surface area contributed by atoms with E-state index in [1.54, 1.807) is 0 Å². The normalized spacial score (nSPS) is 18.7. The van der Waals surface area contributed by atoms with Crippen molar-refractivity contribution in [2.24, 2.45) is 0 Å². The van der Waals surface area contributed by atoms with E-state index < -0.39 is 28.3 Å². The summed E-state index contributed by atoms with van der Waals surface area (Å²) in [6.07, 6.45) is -4.26. The van der Waals surface area contributed by atoms with Gasteiger partial charge in [-0.05, 0) is 31.5 Å². The second-order valence-electron chi connectivity index (χ2n) is 5.18. The number of benzene rings is 1. The molecule has 21 heavy (non-hydrogen) atoms. The van der Waals surface area contributed by atoms with Gasteiger partial charge in [0.1, 0.15) is 31.4 Å². The van der Waals surface area contributed by atoms with E-state index in [0.29, 0.717) is 13.1 Å². The van der Waals surface area contributed by atoms with Crippen LogP contribution in [0.2, 0.25) is 0 Å². The van der Waals surface area contributed by atoms with E-state index in [9.17, 15) is 18.3 Å². The molecule has 1 aromatic carbocycles. The Kier molecular flexibility index (Phi) is 4.28. The van der Waals surface area contributed by atoms with Crippen LogP contribution in [0.25, 0.3) is 0 Å². The van der Waals surface area contributed by atoms with Gasteiger partial charge >= 0.3 is 6.18 Å². The second kappa shape index (κ2) is 5.43. The Morgan fingerprint density at radius 3 is 1.71 bits per heavy atom. The van der Waals surface area contributed by atoms with Crippen molar-refractivity contribution in [2.45, 2.75) is 24.6 Å². The smallest absolute Gasteiger partial charge is 0.385 e. The van der Waals surface area contributed by atoms with Gasteiger partial charge in [0.25, 0.3) is 0 Å². The average molecular weight is 284 g/mol. The van der Waals surface area contributed by atoms with E-state index in [0.717, 1.165) is 0 Å². The van der Waals surface area contributed by atoms with Gasteiger partial charge in [0.15, 0.2) is 0 Å². The molecule has 0 aliphatic carbocycles. The Hall–Kier alpha value is -0.810. The molecule has 1 fully saturated rings. The Labute approximate surface area is 126 Å². The van der Waals surface area contributed by atoms with Crippen LogP contribution in [0.3, 0.4) is 0 Å². The highest BCUT2D eigenvalue weighted by Crippen LogP contribution is 2.30. The van der Waals surface area contributed by atoms with Crippen LogP contribution in [-0.4, -0.2) is 49.6 Å². The summed E-state index contributed by atoms with van der Waals surface area (Å²) in [6, 6.07) is 0. The Morgan fingerprint density at radius 2 is 1.33 bits per heavy atom. The summed E-state index contributed by atoms with van der Waals surface area (Å²) in [5.41, 5.74) is -4.82. The van der Waals surface area contributed by atoms with Gasteiger partial charge in [-0.1, -0.05) is 21.9 Å². The number of hydrogen-bond donors (Lipinski definition) is 2. The minimum Gasteiger partial charge on any atom is -0.385 e. The van der Waals surface area contributed by atoms with E-state index in [1.807, 2.05) is 0 Å². The number of alkyl halides is 3. The number of piperidine rings is 1. The third kappa shape index (κ3) is 2.78. The zero-order valence-corrected chi connectivity index (χ0v) is 11.2. The second-order valence-corrected chi connectivity index (χ2v) is 5.18. The van der Waals surface area contributed by atoms with Crippen molar-refractivity contribution in [2.75, 3.05) is 13.1 Å². The molecule has 0 bridgehead atoms. The molecule has 2 nitrogen and oxygen atoms in total. The predicted molar refractivity (Wildman–Crippen MR) is 79.0 cm³/mol. The van der Waals surface area contributed by atoms with E-state index in [-0.39, 0.29) is 29.3 Å². The SMILES string of the molecule is [B]c1c([B])c(C2(O)CCNCC2)c([B])c([B])c1C(F)(F)F. The fourth-order valence-electron chi connectivity index (χ4n) is 2.73. The minimum absolute atomic E-state index is 0.00741. The molecule has 2 rings (SSSR count). The summed E-state index contributed by atoms with van der Waals surface area (Å²) < 4.78 is 39.0. The number of nitrogens with one attached hydrogen (secondary N) is 1. The first-order valence-corrected chi connectivity index (χ1v) is 6.36. The third-order valence-corrected chi connectivity index (χ3v) is 3.84. The van der Waals surface area contributed by atoms with Gasteiger partial charge in [-0.3, -0.25) is 0 Å². The van der Waals surface area contributed by atoms with Crippen molar-refractivity contribution in [1.29, 1.82) is 0 Å². The molecule has 1 aliphatic heterocycles. The number of halogens is 3. The largest absolute Gasteiger partial charge is 0.415 e. The highest BCUT2D eigenvalue weighted by atomic mass is 19.4. The number of aliphatic hydroxyl groups is 1. The lowest BCUT2D eigenvalue weighted by atomic mass is 9.60. The fourth-order valence-corrected chi connectivity index (χ4v) is 2.73. The van der Waals surface area contributed by atoms with Crippen LogP contribution in [0.4, 0.5) is 13.2 Å². The lowest BCUT2D eigenvalue weighted by Gasteiger charge is -2.38. The average Bonchev–Trinajstić information content (AvgIpc) is 2.36. The summed E-state index contributed by atoms with van der Waals surface area (Å²) >= 11 is 0. The van der Waals surface area contributed by atoms with Crippen LogP contribution in [0, 0.1) is 0 Å². The molecule has 1 saturated heterocycles. The molecule has 2 N–H and O–H groups in total. The molecule has 1 aromatic rings. The molecular formula is C12H10B4F3NO. The Morgan fingerprint density at radius 1 is 0.905 bits per heavy atom. The first-order chi connectivity index (χ1) is 9.59.